The Morgan fingerprint density at radius 2 is 0.914 bits per heavy atom. The molecular formula is C60H113N2O7P. The number of quaternary nitrogens is 1. The van der Waals surface area contributed by atoms with E-state index in [1.807, 2.05) is 33.3 Å². The quantitative estimate of drug-likeness (QED) is 0.0212. The normalized spacial score (nSPS) is 14.1. The summed E-state index contributed by atoms with van der Waals surface area (Å²) < 4.78 is 30.3. The van der Waals surface area contributed by atoms with Gasteiger partial charge < -0.3 is 28.5 Å². The van der Waals surface area contributed by atoms with Crippen molar-refractivity contribution < 1.29 is 37.3 Å². The fourth-order valence-electron chi connectivity index (χ4n) is 8.44. The fourth-order valence-corrected chi connectivity index (χ4v) is 9.16. The van der Waals surface area contributed by atoms with Crippen LogP contribution in [0.25, 0.3) is 0 Å². The average Bonchev–Trinajstić information content (AvgIpc) is 3.32. The summed E-state index contributed by atoms with van der Waals surface area (Å²) >= 11 is 0. The van der Waals surface area contributed by atoms with Gasteiger partial charge in [-0.05, 0) is 83.1 Å². The molecule has 1 amide bonds. The molecule has 0 saturated carbocycles. The summed E-state index contributed by atoms with van der Waals surface area (Å²) in [6.07, 6.45) is 60.7. The van der Waals surface area contributed by atoms with Crippen molar-refractivity contribution >= 4 is 19.7 Å². The van der Waals surface area contributed by atoms with E-state index in [2.05, 4.69) is 62.5 Å². The van der Waals surface area contributed by atoms with E-state index < -0.39 is 26.6 Å². The molecule has 10 heteroatoms. The van der Waals surface area contributed by atoms with Gasteiger partial charge in [-0.2, -0.15) is 0 Å². The number of phosphoric acid groups is 1. The Hall–Kier alpha value is -2.03. The van der Waals surface area contributed by atoms with Crippen LogP contribution in [-0.2, 0) is 27.9 Å². The Morgan fingerprint density at radius 1 is 0.514 bits per heavy atom. The molecule has 70 heavy (non-hydrogen) atoms. The first-order chi connectivity index (χ1) is 33.9. The predicted octanol–water partition coefficient (Wildman–Crippen LogP) is 17.1. The molecule has 1 N–H and O–H groups in total. The van der Waals surface area contributed by atoms with Gasteiger partial charge in [0.05, 0.1) is 33.8 Å². The Labute approximate surface area is 433 Å². The van der Waals surface area contributed by atoms with Crippen molar-refractivity contribution in [1.82, 2.24) is 5.32 Å². The third-order valence-corrected chi connectivity index (χ3v) is 14.0. The minimum atomic E-state index is -4.70. The van der Waals surface area contributed by atoms with Crippen molar-refractivity contribution in [2.45, 2.75) is 283 Å². The maximum absolute atomic E-state index is 13.5. The van der Waals surface area contributed by atoms with E-state index in [9.17, 15) is 19.0 Å². The van der Waals surface area contributed by atoms with Crippen molar-refractivity contribution in [3.63, 3.8) is 0 Å². The number of unbranched alkanes of at least 4 members (excludes halogenated alkanes) is 31. The standard InChI is InChI=1S/C60H113N2O7P/c1-7-10-13-16-19-22-25-28-30-31-32-34-37-40-43-46-49-52-59(63)61-57(56-68-70(65,66)67-55-54-62(4,5)6)58(51-48-45-42-39-36-33-27-24-21-18-15-12-9-3)69-60(64)53-50-47-44-41-38-35-29-26-23-20-17-14-11-8-2/h11,14,20,23,28,30,48,51,57-58H,7-10,12-13,15-19,21-22,24-27,29,31-47,49-50,52-56H2,1-6H3,(H-,61,63,65,66)/b14-11+,23-20+,30-28+,51-48+. The summed E-state index contributed by atoms with van der Waals surface area (Å²) in [5.74, 6) is -0.550. The number of hydrogen-bond donors (Lipinski definition) is 1. The van der Waals surface area contributed by atoms with Crippen molar-refractivity contribution in [2.75, 3.05) is 40.9 Å². The SMILES string of the molecule is CC/C=C/C/C=C/CCCCCCCCCC(=O)OC(/C=C/CCCCCCCCCCCCC)C(COP(=O)([O-])OCC[N+](C)(C)C)NC(=O)CCCCCCCCC/C=C/CCCCCCCC. The Morgan fingerprint density at radius 3 is 1.37 bits per heavy atom. The van der Waals surface area contributed by atoms with Gasteiger partial charge in [-0.15, -0.1) is 0 Å². The molecule has 0 aromatic carbocycles. The smallest absolute Gasteiger partial charge is 0.306 e. The van der Waals surface area contributed by atoms with E-state index in [-0.39, 0.29) is 24.9 Å². The number of ether oxygens (including phenoxy) is 1. The number of likely N-dealkylation sites (N-methyl/N-ethyl adjacent to an activating group) is 1. The maximum Gasteiger partial charge on any atom is 0.306 e. The number of esters is 1. The van der Waals surface area contributed by atoms with Gasteiger partial charge in [-0.25, -0.2) is 0 Å². The molecule has 410 valence electrons. The van der Waals surface area contributed by atoms with Gasteiger partial charge in [0, 0.05) is 12.8 Å². The van der Waals surface area contributed by atoms with Crippen LogP contribution in [0.4, 0.5) is 0 Å². The van der Waals surface area contributed by atoms with E-state index >= 15 is 0 Å². The van der Waals surface area contributed by atoms with E-state index in [4.69, 9.17) is 13.8 Å². The predicted molar refractivity (Wildman–Crippen MR) is 298 cm³/mol. The highest BCUT2D eigenvalue weighted by Crippen LogP contribution is 2.38. The molecule has 0 aliphatic carbocycles. The van der Waals surface area contributed by atoms with E-state index in [0.717, 1.165) is 96.3 Å². The van der Waals surface area contributed by atoms with Gasteiger partial charge in [0.2, 0.25) is 5.91 Å². The molecule has 9 nitrogen and oxygen atoms in total. The zero-order valence-electron chi connectivity index (χ0n) is 46.7. The van der Waals surface area contributed by atoms with Crippen LogP contribution in [0.5, 0.6) is 0 Å². The highest BCUT2D eigenvalue weighted by atomic mass is 31.2. The van der Waals surface area contributed by atoms with Gasteiger partial charge in [0.25, 0.3) is 7.82 Å². The third-order valence-electron chi connectivity index (χ3n) is 13.0. The van der Waals surface area contributed by atoms with Crippen LogP contribution in [0.1, 0.15) is 271 Å². The van der Waals surface area contributed by atoms with Gasteiger partial charge in [-0.3, -0.25) is 14.2 Å². The summed E-state index contributed by atoms with van der Waals surface area (Å²) in [6, 6.07) is -0.892. The topological polar surface area (TPSA) is 114 Å². The highest BCUT2D eigenvalue weighted by molar-refractivity contribution is 7.45. The Kier molecular flexibility index (Phi) is 49.0. The van der Waals surface area contributed by atoms with Gasteiger partial charge in [0.1, 0.15) is 19.3 Å². The minimum Gasteiger partial charge on any atom is -0.756 e. The first-order valence-corrected chi connectivity index (χ1v) is 30.9. The third kappa shape index (κ3) is 50.9. The highest BCUT2D eigenvalue weighted by Gasteiger charge is 2.27. The molecule has 0 radical (unpaired) electrons. The summed E-state index contributed by atoms with van der Waals surface area (Å²) in [5.41, 5.74) is 0. The summed E-state index contributed by atoms with van der Waals surface area (Å²) in [7, 11) is 1.18. The number of phosphoric ester groups is 1. The second-order valence-corrected chi connectivity index (χ2v) is 22.5. The largest absolute Gasteiger partial charge is 0.756 e. The lowest BCUT2D eigenvalue weighted by atomic mass is 10.0. The van der Waals surface area contributed by atoms with E-state index in [1.165, 1.54) is 141 Å². The van der Waals surface area contributed by atoms with Gasteiger partial charge in [-0.1, -0.05) is 224 Å². The number of carbonyl (C=O) groups excluding carboxylic acids is 2. The number of carbonyl (C=O) groups is 2. The van der Waals surface area contributed by atoms with Gasteiger partial charge >= 0.3 is 5.97 Å². The maximum atomic E-state index is 13.5. The molecular weight excluding hydrogens is 892 g/mol. The van der Waals surface area contributed by atoms with Crippen molar-refractivity contribution in [3.05, 3.63) is 48.6 Å². The summed E-state index contributed by atoms with van der Waals surface area (Å²) in [5, 5.41) is 3.02. The molecule has 0 aliphatic rings. The number of nitrogens with zero attached hydrogens (tertiary/aromatic N) is 1. The van der Waals surface area contributed by atoms with E-state index in [1.54, 1.807) is 0 Å². The lowest BCUT2D eigenvalue weighted by Gasteiger charge is -2.30. The molecule has 0 fully saturated rings. The fraction of sp³-hybridized carbons (Fsp3) is 0.833. The molecule has 0 heterocycles. The van der Waals surface area contributed by atoms with Crippen LogP contribution in [0.3, 0.4) is 0 Å². The number of allylic oxidation sites excluding steroid dienone is 7. The lowest BCUT2D eigenvalue weighted by Crippen LogP contribution is -2.47. The average molecular weight is 1010 g/mol. The van der Waals surface area contributed by atoms with Crippen molar-refractivity contribution in [1.29, 1.82) is 0 Å². The van der Waals surface area contributed by atoms with Crippen LogP contribution in [-0.4, -0.2) is 69.4 Å². The number of amides is 1. The monoisotopic (exact) mass is 1000 g/mol. The Balaban J connectivity index is 5.34. The first-order valence-electron chi connectivity index (χ1n) is 29.4. The molecule has 0 aromatic rings. The van der Waals surface area contributed by atoms with Crippen LogP contribution < -0.4 is 10.2 Å². The molecule has 3 unspecified atom stereocenters. The Bertz CT molecular complexity index is 1340. The van der Waals surface area contributed by atoms with Crippen LogP contribution in [0, 0.1) is 0 Å². The number of hydrogen-bond acceptors (Lipinski definition) is 7. The van der Waals surface area contributed by atoms with Crippen LogP contribution in [0.15, 0.2) is 48.6 Å². The number of nitrogens with one attached hydrogen (secondary N) is 1. The van der Waals surface area contributed by atoms with E-state index in [0.29, 0.717) is 17.4 Å². The molecule has 0 saturated heterocycles. The molecule has 0 bridgehead atoms. The van der Waals surface area contributed by atoms with Crippen molar-refractivity contribution in [2.24, 2.45) is 0 Å². The van der Waals surface area contributed by atoms with Crippen LogP contribution >= 0.6 is 7.82 Å². The molecule has 0 aromatic heterocycles. The molecule has 0 aliphatic heterocycles. The molecule has 3 atom stereocenters. The van der Waals surface area contributed by atoms with Gasteiger partial charge in [0.15, 0.2) is 0 Å². The number of rotatable bonds is 53. The first kappa shape index (κ1) is 68.0. The molecule has 0 rings (SSSR count). The lowest BCUT2D eigenvalue weighted by molar-refractivity contribution is -0.870. The second kappa shape index (κ2) is 50.5. The second-order valence-electron chi connectivity index (χ2n) is 21.1. The zero-order valence-corrected chi connectivity index (χ0v) is 47.6. The summed E-state index contributed by atoms with van der Waals surface area (Å²) in [4.78, 5) is 39.9. The van der Waals surface area contributed by atoms with Crippen LogP contribution in [0.2, 0.25) is 0 Å². The van der Waals surface area contributed by atoms with Crippen molar-refractivity contribution in [3.8, 4) is 0 Å². The minimum absolute atomic E-state index is 0.0243. The molecule has 0 spiro atoms. The zero-order chi connectivity index (χ0) is 51.5. The summed E-state index contributed by atoms with van der Waals surface area (Å²) in [6.45, 7) is 6.74.